The van der Waals surface area contributed by atoms with Crippen molar-refractivity contribution >= 4 is 33.9 Å². The van der Waals surface area contributed by atoms with Crippen LogP contribution in [0.5, 0.6) is 0 Å². The van der Waals surface area contributed by atoms with Gasteiger partial charge in [-0.3, -0.25) is 0 Å². The highest BCUT2D eigenvalue weighted by molar-refractivity contribution is 14.2. The van der Waals surface area contributed by atoms with Gasteiger partial charge in [0.25, 0.3) is 0 Å². The molecule has 43 heavy (non-hydrogen) atoms. The molecule has 0 bridgehead atoms. The molecule has 6 aromatic rings. The van der Waals surface area contributed by atoms with Crippen LogP contribution in [0.2, 0.25) is 0 Å². The van der Waals surface area contributed by atoms with Crippen LogP contribution < -0.4 is 0 Å². The van der Waals surface area contributed by atoms with Crippen LogP contribution in [-0.4, -0.2) is 13.2 Å². The average Bonchev–Trinajstić information content (AvgIpc) is 3.09. The van der Waals surface area contributed by atoms with E-state index < -0.39 is 20.7 Å². The van der Waals surface area contributed by atoms with E-state index in [0.29, 0.717) is 0 Å². The van der Waals surface area contributed by atoms with Gasteiger partial charge in [0.2, 0.25) is 0 Å². The highest BCUT2D eigenvalue weighted by atomic mass is 127. The second-order valence-electron chi connectivity index (χ2n) is 10.5. The summed E-state index contributed by atoms with van der Waals surface area (Å²) < 4.78 is 2.28. The fourth-order valence-electron chi connectivity index (χ4n) is 5.36. The number of hydrogen-bond donors (Lipinski definition) is 0. The molecule has 0 aliphatic carbocycles. The second kappa shape index (κ2) is 12.2. The summed E-state index contributed by atoms with van der Waals surface area (Å²) in [6.45, 7) is 2.02. The molecule has 0 saturated carbocycles. The third-order valence-corrected chi connectivity index (χ3v) is 10.2. The maximum absolute atomic E-state index is 5.05. The first-order chi connectivity index (χ1) is 21.2. The Balaban J connectivity index is 1.37. The zero-order valence-corrected chi connectivity index (χ0v) is 25.9. The Morgan fingerprint density at radius 3 is 1.05 bits per heavy atom. The topological polar surface area (TPSA) is 24.7 Å². The van der Waals surface area contributed by atoms with Crippen LogP contribution in [0, 0.1) is 0 Å². The summed E-state index contributed by atoms with van der Waals surface area (Å²) in [6, 6.07) is 56.2. The predicted molar refractivity (Wildman–Crippen MR) is 192 cm³/mol. The Hall–Kier alpha value is -4.74. The SMILES string of the molecule is CC1=NC(c2cc(-c3ccccc3)cc(-c3ccccc3)c2)=IC(c2cc(-c3ccccc3)cc(-c3ccccc3)c2)=N1. The molecule has 0 radical (unpaired) electrons. The minimum Gasteiger partial charge on any atom is -0.227 e. The van der Waals surface area contributed by atoms with Gasteiger partial charge in [-0.25, -0.2) is 9.98 Å². The van der Waals surface area contributed by atoms with E-state index in [0.717, 1.165) is 13.2 Å². The first kappa shape index (κ1) is 27.1. The summed E-state index contributed by atoms with van der Waals surface area (Å²) >= 11 is -0.654. The zero-order valence-electron chi connectivity index (χ0n) is 23.8. The lowest BCUT2D eigenvalue weighted by atomic mass is 9.96. The number of aliphatic imine (C=N–C) groups is 2. The quantitative estimate of drug-likeness (QED) is 0.158. The minimum absolute atomic E-state index is 0.654. The van der Waals surface area contributed by atoms with Crippen LogP contribution in [0.15, 0.2) is 168 Å². The summed E-state index contributed by atoms with van der Waals surface area (Å²) in [5.41, 5.74) is 11.9. The molecule has 0 aromatic heterocycles. The predicted octanol–water partition coefficient (Wildman–Crippen LogP) is 10.7. The molecule has 0 atom stereocenters. The summed E-state index contributed by atoms with van der Waals surface area (Å²) in [6.07, 6.45) is 0. The highest BCUT2D eigenvalue weighted by Crippen LogP contribution is 2.34. The third kappa shape index (κ3) is 6.08. The molecule has 0 fully saturated rings. The first-order valence-electron chi connectivity index (χ1n) is 14.4. The Bertz CT molecular complexity index is 1750. The lowest BCUT2D eigenvalue weighted by molar-refractivity contribution is 1.50. The molecule has 1 heterocycles. The minimum atomic E-state index is -0.654. The average molecular weight is 665 g/mol. The molecule has 0 saturated heterocycles. The number of nitrogens with zero attached hydrogens (tertiary/aromatic N) is 2. The smallest absolute Gasteiger partial charge is 0.127 e. The number of benzene rings is 6. The molecular weight excluding hydrogens is 635 g/mol. The standard InChI is InChI=1S/C40H29IN2/c1-28-42-39(37-24-33(29-14-6-2-7-15-29)22-34(25-37)30-16-8-3-9-17-30)41-40(43-28)38-26-35(31-18-10-4-11-19-31)23-36(27-38)32-20-12-5-13-21-32/h2-27H,1H3. The lowest BCUT2D eigenvalue weighted by Crippen LogP contribution is -2.08. The summed E-state index contributed by atoms with van der Waals surface area (Å²) in [7, 11) is 0. The van der Waals surface area contributed by atoms with Gasteiger partial charge in [-0.1, -0.05) is 121 Å². The van der Waals surface area contributed by atoms with Crippen molar-refractivity contribution in [2.24, 2.45) is 9.98 Å². The fourth-order valence-corrected chi connectivity index (χ4v) is 8.03. The molecule has 206 valence electrons. The van der Waals surface area contributed by atoms with E-state index in [9.17, 15) is 0 Å². The summed E-state index contributed by atoms with van der Waals surface area (Å²) in [5, 5.41) is 0. The zero-order chi connectivity index (χ0) is 29.0. The van der Waals surface area contributed by atoms with Crippen LogP contribution in [0.4, 0.5) is 0 Å². The van der Waals surface area contributed by atoms with Crippen molar-refractivity contribution in [3.05, 3.63) is 169 Å². The Morgan fingerprint density at radius 2 is 0.674 bits per heavy atom. The normalized spacial score (nSPS) is 12.9. The lowest BCUT2D eigenvalue weighted by Gasteiger charge is -2.15. The molecule has 0 spiro atoms. The highest BCUT2D eigenvalue weighted by Gasteiger charge is 2.17. The molecule has 1 aliphatic heterocycles. The van der Waals surface area contributed by atoms with E-state index in [2.05, 4.69) is 158 Å². The number of amidine groups is 1. The van der Waals surface area contributed by atoms with Crippen LogP contribution in [-0.2, 0) is 0 Å². The van der Waals surface area contributed by atoms with Crippen LogP contribution in [0.1, 0.15) is 18.1 Å². The molecule has 0 amide bonds. The van der Waals surface area contributed by atoms with Crippen molar-refractivity contribution in [2.45, 2.75) is 6.92 Å². The molecule has 3 heteroatoms. The molecular formula is C40H29IN2. The molecule has 7 rings (SSSR count). The van der Waals surface area contributed by atoms with Crippen molar-refractivity contribution in [3.63, 3.8) is 0 Å². The maximum atomic E-state index is 5.05. The number of hydrogen-bond acceptors (Lipinski definition) is 2. The van der Waals surface area contributed by atoms with E-state index in [-0.39, 0.29) is 0 Å². The van der Waals surface area contributed by atoms with E-state index in [1.807, 2.05) is 6.92 Å². The van der Waals surface area contributed by atoms with Gasteiger partial charge < -0.3 is 0 Å². The largest absolute Gasteiger partial charge is 0.227 e. The second-order valence-corrected chi connectivity index (χ2v) is 13.1. The van der Waals surface area contributed by atoms with Crippen LogP contribution in [0.25, 0.3) is 44.5 Å². The van der Waals surface area contributed by atoms with E-state index >= 15 is 0 Å². The van der Waals surface area contributed by atoms with Crippen molar-refractivity contribution < 1.29 is 0 Å². The van der Waals surface area contributed by atoms with E-state index in [1.54, 1.807) is 0 Å². The van der Waals surface area contributed by atoms with Gasteiger partial charge in [0.05, 0.1) is 0 Å². The van der Waals surface area contributed by atoms with E-state index in [4.69, 9.17) is 9.98 Å². The Labute approximate surface area is 262 Å². The number of halogens is 1. The fraction of sp³-hybridized carbons (Fsp3) is 0.0250. The van der Waals surface area contributed by atoms with Gasteiger partial charge in [0, 0.05) is 11.1 Å². The molecule has 2 nitrogen and oxygen atoms in total. The molecule has 0 unspecified atom stereocenters. The third-order valence-electron chi connectivity index (χ3n) is 7.47. The van der Waals surface area contributed by atoms with Crippen LogP contribution >= 0.6 is 20.7 Å². The summed E-state index contributed by atoms with van der Waals surface area (Å²) in [4.78, 5) is 10.1. The van der Waals surface area contributed by atoms with Gasteiger partial charge in [-0.2, -0.15) is 0 Å². The van der Waals surface area contributed by atoms with Crippen molar-refractivity contribution in [1.82, 2.24) is 0 Å². The monoisotopic (exact) mass is 664 g/mol. The number of rotatable bonds is 6. The van der Waals surface area contributed by atoms with Gasteiger partial charge in [0.1, 0.15) is 13.2 Å². The maximum Gasteiger partial charge on any atom is 0.127 e. The van der Waals surface area contributed by atoms with Gasteiger partial charge in [-0.05, 0) is 109 Å². The van der Waals surface area contributed by atoms with Gasteiger partial charge in [-0.15, -0.1) is 0 Å². The first-order valence-corrected chi connectivity index (χ1v) is 16.5. The molecule has 0 N–H and O–H groups in total. The van der Waals surface area contributed by atoms with Crippen molar-refractivity contribution in [2.75, 3.05) is 0 Å². The van der Waals surface area contributed by atoms with Gasteiger partial charge in [0.15, 0.2) is 0 Å². The van der Waals surface area contributed by atoms with Crippen molar-refractivity contribution in [1.29, 1.82) is 0 Å². The Kier molecular flexibility index (Phi) is 7.72. The van der Waals surface area contributed by atoms with Crippen LogP contribution in [0.3, 0.4) is 0 Å². The molecule has 6 aromatic carbocycles. The van der Waals surface area contributed by atoms with E-state index in [1.165, 1.54) is 55.6 Å². The Morgan fingerprint density at radius 1 is 0.349 bits per heavy atom. The van der Waals surface area contributed by atoms with Crippen molar-refractivity contribution in [3.8, 4) is 44.5 Å². The molecule has 1 aliphatic rings. The van der Waals surface area contributed by atoms with Gasteiger partial charge >= 0.3 is 0 Å². The summed E-state index contributed by atoms with van der Waals surface area (Å²) in [5.74, 6) is 0.800.